The SMILES string of the molecule is CCC(CC(N)=S)N1C(=O)c2c(C)ccc(C)c2C1=O. The molecule has 1 atom stereocenters. The van der Waals surface area contributed by atoms with Crippen molar-refractivity contribution < 1.29 is 9.59 Å². The van der Waals surface area contributed by atoms with E-state index in [1.807, 2.05) is 32.9 Å². The van der Waals surface area contributed by atoms with Crippen LogP contribution in [0.1, 0.15) is 51.6 Å². The summed E-state index contributed by atoms with van der Waals surface area (Å²) in [7, 11) is 0. The van der Waals surface area contributed by atoms with Crippen molar-refractivity contribution in [3.05, 3.63) is 34.4 Å². The van der Waals surface area contributed by atoms with Crippen LogP contribution in [-0.4, -0.2) is 27.7 Å². The standard InChI is InChI=1S/C15H18N2O2S/c1-4-10(7-11(16)20)17-14(18)12-8(2)5-6-9(3)13(12)15(17)19/h5-6,10H,4,7H2,1-3H3,(H2,16,20). The molecule has 4 nitrogen and oxygen atoms in total. The highest BCUT2D eigenvalue weighted by molar-refractivity contribution is 7.80. The fourth-order valence-electron chi connectivity index (χ4n) is 2.68. The molecule has 1 unspecified atom stereocenters. The topological polar surface area (TPSA) is 63.4 Å². The molecule has 0 radical (unpaired) electrons. The number of rotatable bonds is 4. The first-order valence-corrected chi connectivity index (χ1v) is 7.05. The van der Waals surface area contributed by atoms with Gasteiger partial charge in [-0.25, -0.2) is 0 Å². The molecule has 0 spiro atoms. The minimum absolute atomic E-state index is 0.227. The third-order valence-electron chi connectivity index (χ3n) is 3.76. The molecule has 5 heteroatoms. The maximum Gasteiger partial charge on any atom is 0.262 e. The molecule has 0 aromatic heterocycles. The van der Waals surface area contributed by atoms with Gasteiger partial charge in [-0.05, 0) is 31.4 Å². The van der Waals surface area contributed by atoms with Crippen LogP contribution in [0.2, 0.25) is 0 Å². The van der Waals surface area contributed by atoms with E-state index in [9.17, 15) is 9.59 Å². The molecule has 2 N–H and O–H groups in total. The summed E-state index contributed by atoms with van der Waals surface area (Å²) < 4.78 is 0. The maximum atomic E-state index is 12.6. The van der Waals surface area contributed by atoms with Gasteiger partial charge in [0.05, 0.1) is 16.1 Å². The van der Waals surface area contributed by atoms with E-state index in [2.05, 4.69) is 0 Å². The van der Waals surface area contributed by atoms with Crippen LogP contribution < -0.4 is 5.73 Å². The number of carbonyl (C=O) groups is 2. The van der Waals surface area contributed by atoms with Crippen molar-refractivity contribution in [3.63, 3.8) is 0 Å². The van der Waals surface area contributed by atoms with Crippen molar-refractivity contribution in [2.75, 3.05) is 0 Å². The van der Waals surface area contributed by atoms with Crippen LogP contribution >= 0.6 is 12.2 Å². The van der Waals surface area contributed by atoms with E-state index < -0.39 is 0 Å². The van der Waals surface area contributed by atoms with Gasteiger partial charge >= 0.3 is 0 Å². The van der Waals surface area contributed by atoms with E-state index in [1.165, 1.54) is 4.90 Å². The van der Waals surface area contributed by atoms with Gasteiger partial charge in [0.15, 0.2) is 0 Å². The molecule has 1 aliphatic heterocycles. The fourth-order valence-corrected chi connectivity index (χ4v) is 2.87. The first-order chi connectivity index (χ1) is 9.38. The lowest BCUT2D eigenvalue weighted by atomic mass is 9.99. The second-order valence-electron chi connectivity index (χ2n) is 5.16. The Hall–Kier alpha value is -1.75. The van der Waals surface area contributed by atoms with Crippen LogP contribution in [0.4, 0.5) is 0 Å². The number of carbonyl (C=O) groups excluding carboxylic acids is 2. The normalized spacial score (nSPS) is 15.4. The summed E-state index contributed by atoms with van der Waals surface area (Å²) in [5, 5.41) is 0. The van der Waals surface area contributed by atoms with Gasteiger partial charge in [0, 0.05) is 12.5 Å². The smallest absolute Gasteiger partial charge is 0.262 e. The highest BCUT2D eigenvalue weighted by Gasteiger charge is 2.41. The number of imide groups is 1. The molecule has 106 valence electrons. The molecule has 1 heterocycles. The average molecular weight is 290 g/mol. The molecule has 1 aromatic carbocycles. The predicted octanol–water partition coefficient (Wildman–Crippen LogP) is 2.35. The van der Waals surface area contributed by atoms with E-state index in [4.69, 9.17) is 18.0 Å². The van der Waals surface area contributed by atoms with Crippen molar-refractivity contribution in [2.24, 2.45) is 5.73 Å². The average Bonchev–Trinajstić information content (AvgIpc) is 2.64. The Morgan fingerprint density at radius 1 is 1.20 bits per heavy atom. The number of thiocarbonyl (C=S) groups is 1. The van der Waals surface area contributed by atoms with Crippen molar-refractivity contribution in [1.29, 1.82) is 0 Å². The molecular formula is C15H18N2O2S. The summed E-state index contributed by atoms with van der Waals surface area (Å²) in [6.07, 6.45) is 1.01. The monoisotopic (exact) mass is 290 g/mol. The fraction of sp³-hybridized carbons (Fsp3) is 0.400. The summed E-state index contributed by atoms with van der Waals surface area (Å²) in [6, 6.07) is 3.48. The Labute approximate surface area is 123 Å². The van der Waals surface area contributed by atoms with Crippen LogP contribution in [-0.2, 0) is 0 Å². The number of nitrogens with zero attached hydrogens (tertiary/aromatic N) is 1. The van der Waals surface area contributed by atoms with Crippen molar-refractivity contribution in [2.45, 2.75) is 39.7 Å². The zero-order chi connectivity index (χ0) is 15.0. The molecule has 2 rings (SSSR count). The molecular weight excluding hydrogens is 272 g/mol. The van der Waals surface area contributed by atoms with Crippen molar-refractivity contribution in [1.82, 2.24) is 4.90 Å². The largest absolute Gasteiger partial charge is 0.393 e. The lowest BCUT2D eigenvalue weighted by Crippen LogP contribution is -2.41. The number of aryl methyl sites for hydroxylation is 2. The summed E-state index contributed by atoms with van der Waals surface area (Å²) >= 11 is 4.92. The third kappa shape index (κ3) is 2.22. The number of nitrogens with two attached hydrogens (primary N) is 1. The Bertz CT molecular complexity index is 569. The van der Waals surface area contributed by atoms with Gasteiger partial charge in [-0.15, -0.1) is 0 Å². The molecule has 1 aliphatic rings. The van der Waals surface area contributed by atoms with E-state index in [1.54, 1.807) is 0 Å². The quantitative estimate of drug-likeness (QED) is 0.683. The summed E-state index contributed by atoms with van der Waals surface area (Å²) in [5.74, 6) is -0.455. The number of hydrogen-bond donors (Lipinski definition) is 1. The highest BCUT2D eigenvalue weighted by Crippen LogP contribution is 2.31. The van der Waals surface area contributed by atoms with Crippen LogP contribution in [0.25, 0.3) is 0 Å². The molecule has 0 fully saturated rings. The zero-order valence-electron chi connectivity index (χ0n) is 11.9. The predicted molar refractivity (Wildman–Crippen MR) is 81.9 cm³/mol. The number of fused-ring (bicyclic) bond motifs is 1. The minimum atomic E-state index is -0.265. The summed E-state index contributed by atoms with van der Waals surface area (Å²) in [6.45, 7) is 5.62. The number of amides is 2. The molecule has 0 bridgehead atoms. The van der Waals surface area contributed by atoms with Gasteiger partial charge in [0.2, 0.25) is 0 Å². The lowest BCUT2D eigenvalue weighted by Gasteiger charge is -2.24. The molecule has 1 aromatic rings. The maximum absolute atomic E-state index is 12.6. The Kier molecular flexibility index (Phi) is 3.90. The number of benzene rings is 1. The molecule has 2 amide bonds. The molecule has 0 saturated heterocycles. The Morgan fingerprint density at radius 3 is 2.00 bits per heavy atom. The second-order valence-corrected chi connectivity index (χ2v) is 5.69. The van der Waals surface area contributed by atoms with Crippen LogP contribution in [0, 0.1) is 13.8 Å². The second kappa shape index (κ2) is 5.32. The van der Waals surface area contributed by atoms with Gasteiger partial charge in [-0.3, -0.25) is 14.5 Å². The Balaban J connectivity index is 2.49. The van der Waals surface area contributed by atoms with Gasteiger partial charge in [-0.1, -0.05) is 31.3 Å². The van der Waals surface area contributed by atoms with Gasteiger partial charge in [0.25, 0.3) is 11.8 Å². The van der Waals surface area contributed by atoms with Gasteiger partial charge in [0.1, 0.15) is 0 Å². The van der Waals surface area contributed by atoms with Crippen molar-refractivity contribution >= 4 is 29.0 Å². The zero-order valence-corrected chi connectivity index (χ0v) is 12.7. The summed E-state index contributed by atoms with van der Waals surface area (Å²) in [5.41, 5.74) is 8.28. The van der Waals surface area contributed by atoms with E-state index >= 15 is 0 Å². The lowest BCUT2D eigenvalue weighted by molar-refractivity contribution is 0.0585. The minimum Gasteiger partial charge on any atom is -0.393 e. The summed E-state index contributed by atoms with van der Waals surface area (Å²) in [4.78, 5) is 26.8. The number of hydrogen-bond acceptors (Lipinski definition) is 3. The van der Waals surface area contributed by atoms with Crippen LogP contribution in [0.5, 0.6) is 0 Å². The van der Waals surface area contributed by atoms with Gasteiger partial charge in [-0.2, -0.15) is 0 Å². The third-order valence-corrected chi connectivity index (χ3v) is 3.93. The molecule has 0 aliphatic carbocycles. The van der Waals surface area contributed by atoms with E-state index in [-0.39, 0.29) is 17.9 Å². The van der Waals surface area contributed by atoms with Crippen molar-refractivity contribution in [3.8, 4) is 0 Å². The van der Waals surface area contributed by atoms with Crippen LogP contribution in [0.3, 0.4) is 0 Å². The highest BCUT2D eigenvalue weighted by atomic mass is 32.1. The first-order valence-electron chi connectivity index (χ1n) is 6.64. The van der Waals surface area contributed by atoms with Crippen LogP contribution in [0.15, 0.2) is 12.1 Å². The first kappa shape index (κ1) is 14.7. The van der Waals surface area contributed by atoms with Gasteiger partial charge < -0.3 is 5.73 Å². The van der Waals surface area contributed by atoms with E-state index in [0.29, 0.717) is 29.0 Å². The van der Waals surface area contributed by atoms with E-state index in [0.717, 1.165) is 11.1 Å². The Morgan fingerprint density at radius 2 is 1.65 bits per heavy atom. The molecule has 0 saturated carbocycles. The molecule has 20 heavy (non-hydrogen) atoms.